The molecular weight excluding hydrogens is 476 g/mol. The summed E-state index contributed by atoms with van der Waals surface area (Å²) in [5, 5.41) is 0.786. The summed E-state index contributed by atoms with van der Waals surface area (Å²) in [6, 6.07) is 16.8. The highest BCUT2D eigenvalue weighted by molar-refractivity contribution is 9.10. The van der Waals surface area contributed by atoms with Crippen molar-refractivity contribution >= 4 is 27.5 Å². The van der Waals surface area contributed by atoms with Crippen LogP contribution in [0.4, 0.5) is 0 Å². The van der Waals surface area contributed by atoms with Crippen LogP contribution in [0.3, 0.4) is 0 Å². The molecule has 1 aromatic heterocycles. The molecule has 0 saturated heterocycles. The van der Waals surface area contributed by atoms with E-state index < -0.39 is 0 Å². The van der Waals surface area contributed by atoms with Crippen molar-refractivity contribution < 1.29 is 21.5 Å². The minimum atomic E-state index is 0. The van der Waals surface area contributed by atoms with Crippen LogP contribution in [0.1, 0.15) is 30.7 Å². The molecule has 4 rings (SSSR count). The van der Waals surface area contributed by atoms with Gasteiger partial charge >= 0.3 is 0 Å². The maximum atomic E-state index is 6.08. The molecule has 2 nitrogen and oxygen atoms in total. The molecule has 1 aliphatic heterocycles. The molecule has 0 atom stereocenters. The highest BCUT2D eigenvalue weighted by atomic mass is 79.9. The summed E-state index contributed by atoms with van der Waals surface area (Å²) >= 11 is 9.60. The van der Waals surface area contributed by atoms with E-state index in [-0.39, 0.29) is 17.0 Å². The fourth-order valence-electron chi connectivity index (χ4n) is 3.62. The predicted molar refractivity (Wildman–Crippen MR) is 106 cm³/mol. The van der Waals surface area contributed by atoms with Crippen LogP contribution in [-0.2, 0) is 19.5 Å². The Labute approximate surface area is 178 Å². The van der Waals surface area contributed by atoms with E-state index in [0.717, 1.165) is 29.0 Å². The Hall–Kier alpha value is -1.10. The fourth-order valence-corrected chi connectivity index (χ4v) is 4.01. The Kier molecular flexibility index (Phi) is 6.60. The number of halogens is 3. The van der Waals surface area contributed by atoms with Gasteiger partial charge in [-0.1, -0.05) is 39.7 Å². The molecule has 0 aliphatic carbocycles. The smallest absolute Gasteiger partial charge is 0.257 e. The standard InChI is InChI=1S/C21H21BrClN2.BrH/c22-18-9-5-16(6-10-18)14-24-15-20(17-7-11-19(23)12-8-17)25-13-3-1-2-4-21(24)25;/h5-12,15H,1-4,13-14H2;1H/q+1;/p-1. The maximum Gasteiger partial charge on any atom is 0.257 e. The Morgan fingerprint density at radius 1 is 0.962 bits per heavy atom. The molecule has 0 radical (unpaired) electrons. The van der Waals surface area contributed by atoms with Crippen molar-refractivity contribution in [3.05, 3.63) is 75.6 Å². The first-order valence-electron chi connectivity index (χ1n) is 8.83. The van der Waals surface area contributed by atoms with Gasteiger partial charge in [-0.05, 0) is 61.2 Å². The third kappa shape index (κ3) is 4.24. The summed E-state index contributed by atoms with van der Waals surface area (Å²) in [7, 11) is 0. The number of imidazole rings is 1. The van der Waals surface area contributed by atoms with Crippen molar-refractivity contribution in [3.63, 3.8) is 0 Å². The van der Waals surface area contributed by atoms with Gasteiger partial charge in [0.15, 0.2) is 5.69 Å². The topological polar surface area (TPSA) is 8.81 Å². The average molecular weight is 497 g/mol. The van der Waals surface area contributed by atoms with Crippen LogP contribution in [0.15, 0.2) is 59.2 Å². The Morgan fingerprint density at radius 3 is 2.42 bits per heavy atom. The first kappa shape index (κ1) is 19.7. The second-order valence-electron chi connectivity index (χ2n) is 6.65. The molecular formula is C21H21Br2ClN2. The van der Waals surface area contributed by atoms with E-state index in [2.05, 4.69) is 67.7 Å². The summed E-state index contributed by atoms with van der Waals surface area (Å²) in [5.41, 5.74) is 3.86. The Bertz CT molecular complexity index is 870. The van der Waals surface area contributed by atoms with Crippen LogP contribution < -0.4 is 21.5 Å². The van der Waals surface area contributed by atoms with Crippen molar-refractivity contribution in [2.45, 2.75) is 38.8 Å². The predicted octanol–water partition coefficient (Wildman–Crippen LogP) is 2.64. The molecule has 3 aromatic rings. The van der Waals surface area contributed by atoms with Crippen molar-refractivity contribution in [1.82, 2.24) is 4.57 Å². The third-order valence-corrected chi connectivity index (χ3v) is 5.68. The van der Waals surface area contributed by atoms with E-state index in [1.807, 2.05) is 12.1 Å². The van der Waals surface area contributed by atoms with Gasteiger partial charge in [0, 0.05) is 21.5 Å². The van der Waals surface area contributed by atoms with Gasteiger partial charge in [-0.2, -0.15) is 0 Å². The maximum absolute atomic E-state index is 6.08. The molecule has 2 heterocycles. The lowest BCUT2D eigenvalue weighted by atomic mass is 10.1. The molecule has 1 aliphatic rings. The Morgan fingerprint density at radius 2 is 1.69 bits per heavy atom. The molecule has 0 amide bonds. The van der Waals surface area contributed by atoms with Gasteiger partial charge in [-0.15, -0.1) is 0 Å². The van der Waals surface area contributed by atoms with E-state index in [1.54, 1.807) is 0 Å². The fraction of sp³-hybridized carbons (Fsp3) is 0.286. The number of hydrogen-bond acceptors (Lipinski definition) is 0. The number of benzene rings is 2. The van der Waals surface area contributed by atoms with Gasteiger partial charge < -0.3 is 17.0 Å². The van der Waals surface area contributed by atoms with Gasteiger partial charge in [-0.25, -0.2) is 9.13 Å². The van der Waals surface area contributed by atoms with Crippen molar-refractivity contribution in [1.29, 1.82) is 0 Å². The van der Waals surface area contributed by atoms with E-state index in [4.69, 9.17) is 11.6 Å². The molecule has 2 aromatic carbocycles. The first-order valence-corrected chi connectivity index (χ1v) is 10.00. The summed E-state index contributed by atoms with van der Waals surface area (Å²) in [5.74, 6) is 1.44. The number of aromatic nitrogens is 2. The summed E-state index contributed by atoms with van der Waals surface area (Å²) in [4.78, 5) is 0. The van der Waals surface area contributed by atoms with Gasteiger partial charge in [0.05, 0.1) is 6.54 Å². The van der Waals surface area contributed by atoms with Crippen molar-refractivity contribution in [2.75, 3.05) is 0 Å². The summed E-state index contributed by atoms with van der Waals surface area (Å²) in [6.07, 6.45) is 7.28. The lowest BCUT2D eigenvalue weighted by molar-refractivity contribution is -0.695. The second-order valence-corrected chi connectivity index (χ2v) is 8.01. The van der Waals surface area contributed by atoms with Gasteiger partial charge in [0.2, 0.25) is 0 Å². The molecule has 0 N–H and O–H groups in total. The highest BCUT2D eigenvalue weighted by Gasteiger charge is 2.25. The molecule has 26 heavy (non-hydrogen) atoms. The minimum Gasteiger partial charge on any atom is -1.00 e. The van der Waals surface area contributed by atoms with E-state index in [1.165, 1.54) is 41.9 Å². The highest BCUT2D eigenvalue weighted by Crippen LogP contribution is 2.25. The van der Waals surface area contributed by atoms with Crippen LogP contribution >= 0.6 is 27.5 Å². The van der Waals surface area contributed by atoms with E-state index >= 15 is 0 Å². The molecule has 0 fully saturated rings. The first-order chi connectivity index (χ1) is 12.2. The average Bonchev–Trinajstić information content (AvgIpc) is 2.80. The van der Waals surface area contributed by atoms with E-state index in [0.29, 0.717) is 0 Å². The quantitative estimate of drug-likeness (QED) is 0.493. The summed E-state index contributed by atoms with van der Waals surface area (Å²) in [6.45, 7) is 2.01. The van der Waals surface area contributed by atoms with Gasteiger partial charge in [0.25, 0.3) is 5.82 Å². The Balaban J connectivity index is 0.00000196. The van der Waals surface area contributed by atoms with Gasteiger partial charge in [-0.3, -0.25) is 0 Å². The number of fused-ring (bicyclic) bond motifs is 1. The van der Waals surface area contributed by atoms with Crippen LogP contribution in [0, 0.1) is 0 Å². The number of nitrogens with zero attached hydrogens (tertiary/aromatic N) is 2. The second kappa shape index (κ2) is 8.73. The van der Waals surface area contributed by atoms with Crippen molar-refractivity contribution in [3.8, 4) is 11.3 Å². The normalized spacial score (nSPS) is 13.6. The van der Waals surface area contributed by atoms with Crippen LogP contribution in [0.25, 0.3) is 11.3 Å². The molecule has 136 valence electrons. The van der Waals surface area contributed by atoms with E-state index in [9.17, 15) is 0 Å². The molecule has 5 heteroatoms. The SMILES string of the molecule is Clc1ccc(-c2c[n+](Cc3ccc(Br)cc3)c3n2CCCCC3)cc1.[Br-]. The van der Waals surface area contributed by atoms with Crippen LogP contribution in [-0.4, -0.2) is 4.57 Å². The lowest BCUT2D eigenvalue weighted by Gasteiger charge is -2.03. The van der Waals surface area contributed by atoms with Crippen molar-refractivity contribution in [2.24, 2.45) is 0 Å². The molecule has 0 spiro atoms. The number of hydrogen-bond donors (Lipinski definition) is 0. The summed E-state index contributed by atoms with van der Waals surface area (Å²) < 4.78 is 6.06. The van der Waals surface area contributed by atoms with Crippen LogP contribution in [0.2, 0.25) is 5.02 Å². The van der Waals surface area contributed by atoms with Gasteiger partial charge in [0.1, 0.15) is 12.7 Å². The van der Waals surface area contributed by atoms with Crippen LogP contribution in [0.5, 0.6) is 0 Å². The molecule has 0 saturated carbocycles. The monoisotopic (exact) mass is 494 g/mol. The zero-order valence-corrected chi connectivity index (χ0v) is 18.4. The largest absolute Gasteiger partial charge is 1.00 e. The third-order valence-electron chi connectivity index (χ3n) is 4.90. The minimum absolute atomic E-state index is 0. The zero-order valence-electron chi connectivity index (χ0n) is 14.5. The molecule has 0 unspecified atom stereocenters. The lowest BCUT2D eigenvalue weighted by Crippen LogP contribution is -3.00. The zero-order chi connectivity index (χ0) is 17.2. The number of rotatable bonds is 3. The molecule has 0 bridgehead atoms.